The number of hydrogen-bond acceptors (Lipinski definition) is 2. The standard InChI is InChI=1S/C11H17O2P/c1-2-3-9-13-14(12)10-11-7-5-4-6-8-11/h4-8,12H,2-3,9-10H2,1H3. The highest BCUT2D eigenvalue weighted by Crippen LogP contribution is 2.35. The first-order chi connectivity index (χ1) is 6.83. The van der Waals surface area contributed by atoms with E-state index in [1.54, 1.807) is 0 Å². The highest BCUT2D eigenvalue weighted by Gasteiger charge is 2.05. The lowest BCUT2D eigenvalue weighted by molar-refractivity contribution is 0.302. The van der Waals surface area contributed by atoms with Crippen LogP contribution in [0.1, 0.15) is 25.3 Å². The first-order valence-corrected chi connectivity index (χ1v) is 6.36. The van der Waals surface area contributed by atoms with E-state index in [0.717, 1.165) is 18.4 Å². The Bertz CT molecular complexity index is 238. The highest BCUT2D eigenvalue weighted by atomic mass is 31.2. The Kier molecular flexibility index (Phi) is 5.77. The predicted octanol–water partition coefficient (Wildman–Crippen LogP) is 3.31. The van der Waals surface area contributed by atoms with Crippen LogP contribution in [0.4, 0.5) is 0 Å². The van der Waals surface area contributed by atoms with E-state index in [2.05, 4.69) is 6.92 Å². The van der Waals surface area contributed by atoms with Gasteiger partial charge in [-0.1, -0.05) is 43.7 Å². The number of benzene rings is 1. The van der Waals surface area contributed by atoms with Gasteiger partial charge in [0.15, 0.2) is 8.38 Å². The van der Waals surface area contributed by atoms with Gasteiger partial charge in [0, 0.05) is 6.16 Å². The minimum Gasteiger partial charge on any atom is -0.350 e. The fourth-order valence-corrected chi connectivity index (χ4v) is 2.05. The lowest BCUT2D eigenvalue weighted by Crippen LogP contribution is -1.91. The molecule has 1 rings (SSSR count). The van der Waals surface area contributed by atoms with Crippen LogP contribution >= 0.6 is 8.38 Å². The topological polar surface area (TPSA) is 29.5 Å². The van der Waals surface area contributed by atoms with Gasteiger partial charge in [0.1, 0.15) is 0 Å². The molecule has 0 spiro atoms. The monoisotopic (exact) mass is 212 g/mol. The first-order valence-electron chi connectivity index (χ1n) is 4.96. The number of rotatable bonds is 6. The maximum Gasteiger partial charge on any atom is 0.172 e. The summed E-state index contributed by atoms with van der Waals surface area (Å²) in [4.78, 5) is 9.57. The van der Waals surface area contributed by atoms with Crippen LogP contribution < -0.4 is 0 Å². The molecule has 0 heterocycles. The molecule has 0 aromatic heterocycles. The quantitative estimate of drug-likeness (QED) is 0.579. The molecule has 1 unspecified atom stereocenters. The van der Waals surface area contributed by atoms with Crippen molar-refractivity contribution in [1.29, 1.82) is 0 Å². The molecule has 0 radical (unpaired) electrons. The SMILES string of the molecule is CCCCOP(O)Cc1ccccc1. The van der Waals surface area contributed by atoms with E-state index in [4.69, 9.17) is 4.52 Å². The Balaban J connectivity index is 2.23. The van der Waals surface area contributed by atoms with Gasteiger partial charge in [-0.25, -0.2) is 0 Å². The Morgan fingerprint density at radius 1 is 1.29 bits per heavy atom. The molecular formula is C11H17O2P. The van der Waals surface area contributed by atoms with Crippen LogP contribution in [0.15, 0.2) is 30.3 Å². The summed E-state index contributed by atoms with van der Waals surface area (Å²) < 4.78 is 5.31. The van der Waals surface area contributed by atoms with E-state index in [-0.39, 0.29) is 0 Å². The molecule has 78 valence electrons. The van der Waals surface area contributed by atoms with Crippen LogP contribution in [0, 0.1) is 0 Å². The Hall–Kier alpha value is -0.430. The van der Waals surface area contributed by atoms with Crippen LogP contribution in [0.3, 0.4) is 0 Å². The zero-order valence-corrected chi connectivity index (χ0v) is 9.41. The van der Waals surface area contributed by atoms with E-state index in [1.165, 1.54) is 0 Å². The normalized spacial score (nSPS) is 12.7. The van der Waals surface area contributed by atoms with Gasteiger partial charge in [0.2, 0.25) is 0 Å². The van der Waals surface area contributed by atoms with Gasteiger partial charge in [-0.3, -0.25) is 0 Å². The van der Waals surface area contributed by atoms with Gasteiger partial charge in [0.25, 0.3) is 0 Å². The van der Waals surface area contributed by atoms with Gasteiger partial charge in [-0.15, -0.1) is 0 Å². The molecule has 1 N–H and O–H groups in total. The fraction of sp³-hybridized carbons (Fsp3) is 0.455. The zero-order valence-electron chi connectivity index (χ0n) is 8.52. The molecule has 0 aliphatic rings. The van der Waals surface area contributed by atoms with Crippen molar-refractivity contribution in [2.24, 2.45) is 0 Å². The third-order valence-electron chi connectivity index (χ3n) is 1.90. The summed E-state index contributed by atoms with van der Waals surface area (Å²) in [6.45, 7) is 2.78. The summed E-state index contributed by atoms with van der Waals surface area (Å²) in [6, 6.07) is 9.94. The second kappa shape index (κ2) is 6.94. The van der Waals surface area contributed by atoms with Gasteiger partial charge in [0.05, 0.1) is 6.61 Å². The summed E-state index contributed by atoms with van der Waals surface area (Å²) in [5.41, 5.74) is 1.14. The van der Waals surface area contributed by atoms with E-state index >= 15 is 0 Å². The average molecular weight is 212 g/mol. The van der Waals surface area contributed by atoms with E-state index in [0.29, 0.717) is 12.8 Å². The van der Waals surface area contributed by atoms with Crippen LogP contribution in [-0.2, 0) is 10.7 Å². The molecule has 0 amide bonds. The van der Waals surface area contributed by atoms with Gasteiger partial charge >= 0.3 is 0 Å². The zero-order chi connectivity index (χ0) is 10.2. The molecule has 0 saturated heterocycles. The van der Waals surface area contributed by atoms with Crippen molar-refractivity contribution in [2.45, 2.75) is 25.9 Å². The van der Waals surface area contributed by atoms with Crippen LogP contribution in [0.5, 0.6) is 0 Å². The second-order valence-corrected chi connectivity index (χ2v) is 4.46. The van der Waals surface area contributed by atoms with Crippen LogP contribution in [0.25, 0.3) is 0 Å². The largest absolute Gasteiger partial charge is 0.350 e. The van der Waals surface area contributed by atoms with E-state index in [1.807, 2.05) is 30.3 Å². The van der Waals surface area contributed by atoms with Gasteiger partial charge in [-0.2, -0.15) is 0 Å². The summed E-state index contributed by atoms with van der Waals surface area (Å²) >= 11 is 0. The molecule has 3 heteroatoms. The molecule has 0 fully saturated rings. The Labute approximate surface area is 86.8 Å². The third kappa shape index (κ3) is 4.71. The summed E-state index contributed by atoms with van der Waals surface area (Å²) in [5, 5.41) is 0. The van der Waals surface area contributed by atoms with E-state index in [9.17, 15) is 4.89 Å². The molecule has 0 bridgehead atoms. The summed E-state index contributed by atoms with van der Waals surface area (Å²) in [6.07, 6.45) is 2.77. The maximum absolute atomic E-state index is 9.57. The third-order valence-corrected chi connectivity index (χ3v) is 3.02. The number of unbranched alkanes of at least 4 members (excludes halogenated alkanes) is 1. The smallest absolute Gasteiger partial charge is 0.172 e. The van der Waals surface area contributed by atoms with Crippen LogP contribution in [0.2, 0.25) is 0 Å². The molecule has 2 nitrogen and oxygen atoms in total. The van der Waals surface area contributed by atoms with Crippen molar-refractivity contribution in [1.82, 2.24) is 0 Å². The van der Waals surface area contributed by atoms with Crippen molar-refractivity contribution < 1.29 is 9.42 Å². The highest BCUT2D eigenvalue weighted by molar-refractivity contribution is 7.45. The van der Waals surface area contributed by atoms with Gasteiger partial charge < -0.3 is 9.42 Å². The fourth-order valence-electron chi connectivity index (χ4n) is 1.10. The van der Waals surface area contributed by atoms with E-state index < -0.39 is 8.38 Å². The predicted molar refractivity (Wildman–Crippen MR) is 60.1 cm³/mol. The molecule has 0 saturated carbocycles. The van der Waals surface area contributed by atoms with Crippen LogP contribution in [-0.4, -0.2) is 11.5 Å². The van der Waals surface area contributed by atoms with Crippen molar-refractivity contribution in [3.05, 3.63) is 35.9 Å². The summed E-state index contributed by atoms with van der Waals surface area (Å²) in [7, 11) is -1.27. The second-order valence-electron chi connectivity index (χ2n) is 3.18. The van der Waals surface area contributed by atoms with Crippen molar-refractivity contribution >= 4 is 8.38 Å². The Morgan fingerprint density at radius 2 is 2.00 bits per heavy atom. The molecule has 0 aliphatic heterocycles. The first kappa shape index (κ1) is 11.6. The van der Waals surface area contributed by atoms with Crippen molar-refractivity contribution in [2.75, 3.05) is 6.61 Å². The molecule has 1 aromatic carbocycles. The molecule has 1 aromatic rings. The average Bonchev–Trinajstić information content (AvgIpc) is 2.20. The lowest BCUT2D eigenvalue weighted by Gasteiger charge is -2.10. The van der Waals surface area contributed by atoms with Gasteiger partial charge in [-0.05, 0) is 12.0 Å². The molecule has 14 heavy (non-hydrogen) atoms. The lowest BCUT2D eigenvalue weighted by atomic mass is 10.2. The minimum atomic E-state index is -1.27. The van der Waals surface area contributed by atoms with Crippen molar-refractivity contribution in [3.8, 4) is 0 Å². The van der Waals surface area contributed by atoms with Crippen molar-refractivity contribution in [3.63, 3.8) is 0 Å². The minimum absolute atomic E-state index is 0.639. The molecule has 1 atom stereocenters. The number of hydrogen-bond donors (Lipinski definition) is 1. The maximum atomic E-state index is 9.57. The Morgan fingerprint density at radius 3 is 2.64 bits per heavy atom. The molecular weight excluding hydrogens is 195 g/mol. The summed E-state index contributed by atoms with van der Waals surface area (Å²) in [5.74, 6) is 0. The molecule has 0 aliphatic carbocycles.